The lowest BCUT2D eigenvalue weighted by atomic mass is 9.98. The number of hydrogen-bond donors (Lipinski definition) is 2. The number of alkyl carbamates (subject to hydrolysis) is 1. The van der Waals surface area contributed by atoms with Crippen LogP contribution in [0.15, 0.2) is 0 Å². The van der Waals surface area contributed by atoms with E-state index in [1.165, 1.54) is 12.8 Å². The van der Waals surface area contributed by atoms with Crippen molar-refractivity contribution in [2.75, 3.05) is 13.1 Å². The van der Waals surface area contributed by atoms with E-state index >= 15 is 0 Å². The first-order valence-electron chi connectivity index (χ1n) is 6.16. The zero-order chi connectivity index (χ0) is 11.8. The van der Waals surface area contributed by atoms with Crippen molar-refractivity contribution in [1.29, 1.82) is 0 Å². The number of hydrogen-bond acceptors (Lipinski definition) is 3. The molecule has 1 amide bonds. The average Bonchev–Trinajstić information content (AvgIpc) is 2.70. The maximum absolute atomic E-state index is 11.5. The van der Waals surface area contributed by atoms with Crippen LogP contribution in [-0.4, -0.2) is 30.8 Å². The lowest BCUT2D eigenvalue weighted by Gasteiger charge is -2.21. The Morgan fingerprint density at radius 3 is 2.62 bits per heavy atom. The van der Waals surface area contributed by atoms with Gasteiger partial charge >= 0.3 is 6.09 Å². The number of rotatable bonds is 2. The highest BCUT2D eigenvalue weighted by Crippen LogP contribution is 2.36. The molecule has 0 aromatic rings. The fourth-order valence-corrected chi connectivity index (χ4v) is 2.78. The lowest BCUT2D eigenvalue weighted by Crippen LogP contribution is -2.37. The largest absolute Gasteiger partial charge is 0.444 e. The van der Waals surface area contributed by atoms with Crippen molar-refractivity contribution in [3.63, 3.8) is 0 Å². The molecule has 1 saturated carbocycles. The predicted octanol–water partition coefficient (Wildman–Crippen LogP) is 1.51. The molecule has 0 unspecified atom stereocenters. The summed E-state index contributed by atoms with van der Waals surface area (Å²) in [4.78, 5) is 11.5. The van der Waals surface area contributed by atoms with Crippen molar-refractivity contribution in [1.82, 2.24) is 10.6 Å². The van der Waals surface area contributed by atoms with Gasteiger partial charge in [-0.15, -0.1) is 0 Å². The van der Waals surface area contributed by atoms with E-state index in [9.17, 15) is 4.79 Å². The molecule has 2 N–H and O–H groups in total. The molecule has 2 fully saturated rings. The number of fused-ring (bicyclic) bond motifs is 2. The van der Waals surface area contributed by atoms with Gasteiger partial charge in [-0.05, 0) is 52.0 Å². The number of piperidine rings is 1. The SMILES string of the molecule is CC(C)(C)OC(=O)NC[C@H]1[C@H]2CC[C@H]1NC2. The van der Waals surface area contributed by atoms with Crippen molar-refractivity contribution in [2.45, 2.75) is 45.3 Å². The van der Waals surface area contributed by atoms with Crippen molar-refractivity contribution < 1.29 is 9.53 Å². The second-order valence-corrected chi connectivity index (χ2v) is 5.90. The molecule has 92 valence electrons. The van der Waals surface area contributed by atoms with Crippen molar-refractivity contribution in [2.24, 2.45) is 11.8 Å². The topological polar surface area (TPSA) is 50.4 Å². The van der Waals surface area contributed by atoms with Gasteiger partial charge in [0.05, 0.1) is 0 Å². The summed E-state index contributed by atoms with van der Waals surface area (Å²) in [5, 5.41) is 6.37. The first kappa shape index (κ1) is 11.7. The van der Waals surface area contributed by atoms with Crippen LogP contribution in [0.5, 0.6) is 0 Å². The Kier molecular flexibility index (Phi) is 3.10. The molecule has 3 atom stereocenters. The maximum atomic E-state index is 11.5. The zero-order valence-electron chi connectivity index (χ0n) is 10.4. The molecule has 0 aromatic carbocycles. The number of ether oxygens (including phenoxy) is 1. The standard InChI is InChI=1S/C12H22N2O2/c1-12(2,3)16-11(15)14-7-9-8-4-5-10(9)13-6-8/h8-10,13H,4-7H2,1-3H3,(H,14,15)/t8-,9-,10+/m0/s1. The first-order valence-corrected chi connectivity index (χ1v) is 6.16. The molecule has 2 bridgehead atoms. The van der Waals surface area contributed by atoms with Gasteiger partial charge in [0.1, 0.15) is 5.60 Å². The Balaban J connectivity index is 1.74. The maximum Gasteiger partial charge on any atom is 0.407 e. The average molecular weight is 226 g/mol. The summed E-state index contributed by atoms with van der Waals surface area (Å²) < 4.78 is 5.22. The van der Waals surface area contributed by atoms with Crippen molar-refractivity contribution >= 4 is 6.09 Å². The Labute approximate surface area is 97.1 Å². The summed E-state index contributed by atoms with van der Waals surface area (Å²) in [6.07, 6.45) is 2.27. The molecule has 1 aliphatic carbocycles. The summed E-state index contributed by atoms with van der Waals surface area (Å²) in [6, 6.07) is 0.611. The van der Waals surface area contributed by atoms with Gasteiger partial charge in [0.25, 0.3) is 0 Å². The Morgan fingerprint density at radius 1 is 1.44 bits per heavy atom. The lowest BCUT2D eigenvalue weighted by molar-refractivity contribution is 0.0517. The summed E-state index contributed by atoms with van der Waals surface area (Å²) in [5.41, 5.74) is -0.406. The minimum Gasteiger partial charge on any atom is -0.444 e. The fourth-order valence-electron chi connectivity index (χ4n) is 2.78. The molecular formula is C12H22N2O2. The Bertz CT molecular complexity index is 253. The Hall–Kier alpha value is -0.770. The van der Waals surface area contributed by atoms with Gasteiger partial charge in [-0.2, -0.15) is 0 Å². The van der Waals surface area contributed by atoms with Crippen LogP contribution in [-0.2, 0) is 4.74 Å². The van der Waals surface area contributed by atoms with Gasteiger partial charge in [-0.25, -0.2) is 4.79 Å². The van der Waals surface area contributed by atoms with Crippen LogP contribution in [0, 0.1) is 11.8 Å². The van der Waals surface area contributed by atoms with E-state index in [4.69, 9.17) is 4.74 Å². The summed E-state index contributed by atoms with van der Waals surface area (Å²) >= 11 is 0. The number of carbonyl (C=O) groups excluding carboxylic acids is 1. The molecule has 0 aromatic heterocycles. The smallest absolute Gasteiger partial charge is 0.407 e. The van der Waals surface area contributed by atoms with Gasteiger partial charge in [-0.1, -0.05) is 0 Å². The van der Waals surface area contributed by atoms with Crippen LogP contribution in [0.4, 0.5) is 4.79 Å². The fraction of sp³-hybridized carbons (Fsp3) is 0.917. The van der Waals surface area contributed by atoms with Crippen molar-refractivity contribution in [3.05, 3.63) is 0 Å². The van der Waals surface area contributed by atoms with Gasteiger partial charge in [0.2, 0.25) is 0 Å². The molecule has 2 rings (SSSR count). The third-order valence-corrected chi connectivity index (χ3v) is 3.49. The van der Waals surface area contributed by atoms with Crippen LogP contribution in [0.3, 0.4) is 0 Å². The first-order chi connectivity index (χ1) is 7.46. The quantitative estimate of drug-likeness (QED) is 0.750. The van der Waals surface area contributed by atoms with E-state index in [2.05, 4.69) is 10.6 Å². The minimum atomic E-state index is -0.406. The van der Waals surface area contributed by atoms with Gasteiger partial charge < -0.3 is 15.4 Å². The van der Waals surface area contributed by atoms with E-state index < -0.39 is 5.60 Å². The molecule has 4 nitrogen and oxygen atoms in total. The summed E-state index contributed by atoms with van der Waals surface area (Å²) in [6.45, 7) is 7.51. The van der Waals surface area contributed by atoms with Gasteiger partial charge in [0.15, 0.2) is 0 Å². The van der Waals surface area contributed by atoms with Gasteiger partial charge in [0, 0.05) is 12.6 Å². The van der Waals surface area contributed by atoms with Crippen molar-refractivity contribution in [3.8, 4) is 0 Å². The summed E-state index contributed by atoms with van der Waals surface area (Å²) in [5.74, 6) is 1.35. The Morgan fingerprint density at radius 2 is 2.19 bits per heavy atom. The molecule has 2 aliphatic rings. The van der Waals surface area contributed by atoms with E-state index in [1.807, 2.05) is 20.8 Å². The van der Waals surface area contributed by atoms with Gasteiger partial charge in [-0.3, -0.25) is 0 Å². The van der Waals surface area contributed by atoms with E-state index in [0.717, 1.165) is 19.0 Å². The normalized spacial score (nSPS) is 32.8. The molecule has 16 heavy (non-hydrogen) atoms. The van der Waals surface area contributed by atoms with Crippen LogP contribution in [0.2, 0.25) is 0 Å². The number of carbonyl (C=O) groups is 1. The second kappa shape index (κ2) is 4.24. The van der Waals surface area contributed by atoms with E-state index in [0.29, 0.717) is 12.0 Å². The highest BCUT2D eigenvalue weighted by Gasteiger charge is 2.41. The molecule has 1 heterocycles. The molecule has 4 heteroatoms. The zero-order valence-corrected chi connectivity index (χ0v) is 10.4. The highest BCUT2D eigenvalue weighted by molar-refractivity contribution is 5.67. The number of amides is 1. The number of nitrogens with one attached hydrogen (secondary N) is 2. The second-order valence-electron chi connectivity index (χ2n) is 5.90. The third kappa shape index (κ3) is 2.67. The van der Waals surface area contributed by atoms with Crippen LogP contribution in [0.1, 0.15) is 33.6 Å². The summed E-state index contributed by atoms with van der Waals surface area (Å²) in [7, 11) is 0. The van der Waals surface area contributed by atoms with E-state index in [1.54, 1.807) is 0 Å². The predicted molar refractivity (Wildman–Crippen MR) is 62.2 cm³/mol. The molecule has 1 aliphatic heterocycles. The third-order valence-electron chi connectivity index (χ3n) is 3.49. The highest BCUT2D eigenvalue weighted by atomic mass is 16.6. The monoisotopic (exact) mass is 226 g/mol. The molecule has 1 saturated heterocycles. The van der Waals surface area contributed by atoms with Crippen LogP contribution in [0.25, 0.3) is 0 Å². The minimum absolute atomic E-state index is 0.293. The van der Waals surface area contributed by atoms with Crippen LogP contribution >= 0.6 is 0 Å². The molecule has 0 radical (unpaired) electrons. The molecule has 0 spiro atoms. The molecular weight excluding hydrogens is 204 g/mol. The van der Waals surface area contributed by atoms with E-state index in [-0.39, 0.29) is 6.09 Å². The van der Waals surface area contributed by atoms with Crippen LogP contribution < -0.4 is 10.6 Å².